The number of rotatable bonds is 2. The standard InChI is InChI=1S/C14H21N7/c1-3-9(2)21-13-11(12(16)17-8-18-13)14(19-21)20-6-4-5-10(15)7-20/h3,8,10H,4-7,15H2,1-2H3,(H2,16,17,18)/b9-3+/t10-/m1/s1. The monoisotopic (exact) mass is 287 g/mol. The number of nitrogen functional groups attached to an aromatic ring is 1. The van der Waals surface area contributed by atoms with Crippen molar-refractivity contribution < 1.29 is 0 Å². The van der Waals surface area contributed by atoms with E-state index in [1.165, 1.54) is 6.33 Å². The van der Waals surface area contributed by atoms with E-state index in [1.807, 2.05) is 24.6 Å². The fourth-order valence-electron chi connectivity index (χ4n) is 2.75. The summed E-state index contributed by atoms with van der Waals surface area (Å²) in [6, 6.07) is 0.174. The lowest BCUT2D eigenvalue weighted by atomic mass is 10.1. The van der Waals surface area contributed by atoms with Gasteiger partial charge < -0.3 is 16.4 Å². The predicted octanol–water partition coefficient (Wildman–Crippen LogP) is 1.22. The van der Waals surface area contributed by atoms with Gasteiger partial charge in [0.15, 0.2) is 11.5 Å². The van der Waals surface area contributed by atoms with E-state index in [0.717, 1.165) is 48.5 Å². The van der Waals surface area contributed by atoms with E-state index < -0.39 is 0 Å². The van der Waals surface area contributed by atoms with Crippen molar-refractivity contribution >= 4 is 28.4 Å². The SMILES string of the molecule is C/C=C(\C)n1nc(N2CCC[C@@H](N)C2)c2c(N)ncnc21. The minimum Gasteiger partial charge on any atom is -0.383 e. The maximum atomic E-state index is 6.09. The lowest BCUT2D eigenvalue weighted by Crippen LogP contribution is -2.43. The van der Waals surface area contributed by atoms with Crippen LogP contribution in [-0.4, -0.2) is 38.9 Å². The van der Waals surface area contributed by atoms with Crippen LogP contribution in [0, 0.1) is 0 Å². The van der Waals surface area contributed by atoms with Crippen LogP contribution in [0.5, 0.6) is 0 Å². The highest BCUT2D eigenvalue weighted by atomic mass is 15.4. The lowest BCUT2D eigenvalue weighted by molar-refractivity contribution is 0.503. The molecule has 1 atom stereocenters. The third-order valence-electron chi connectivity index (χ3n) is 3.98. The second kappa shape index (κ2) is 5.33. The number of hydrogen-bond donors (Lipinski definition) is 2. The summed E-state index contributed by atoms with van der Waals surface area (Å²) >= 11 is 0. The average Bonchev–Trinajstić information content (AvgIpc) is 2.87. The number of aromatic nitrogens is 4. The molecule has 21 heavy (non-hydrogen) atoms. The molecule has 7 nitrogen and oxygen atoms in total. The summed E-state index contributed by atoms with van der Waals surface area (Å²) in [5.41, 5.74) is 13.9. The highest BCUT2D eigenvalue weighted by Crippen LogP contribution is 2.31. The van der Waals surface area contributed by atoms with Crippen molar-refractivity contribution in [2.45, 2.75) is 32.7 Å². The molecule has 2 aromatic rings. The first kappa shape index (κ1) is 13.8. The molecule has 0 unspecified atom stereocenters. The summed E-state index contributed by atoms with van der Waals surface area (Å²) in [6.07, 6.45) is 5.59. The summed E-state index contributed by atoms with van der Waals surface area (Å²) in [5, 5.41) is 5.53. The lowest BCUT2D eigenvalue weighted by Gasteiger charge is -2.31. The Morgan fingerprint density at radius 2 is 2.24 bits per heavy atom. The Morgan fingerprint density at radius 3 is 2.95 bits per heavy atom. The largest absolute Gasteiger partial charge is 0.383 e. The molecule has 2 aromatic heterocycles. The van der Waals surface area contributed by atoms with Gasteiger partial charge in [0.05, 0.1) is 0 Å². The van der Waals surface area contributed by atoms with Gasteiger partial charge in [-0.05, 0) is 26.7 Å². The smallest absolute Gasteiger partial charge is 0.170 e. The number of nitrogens with zero attached hydrogens (tertiary/aromatic N) is 5. The van der Waals surface area contributed by atoms with Gasteiger partial charge in [0.1, 0.15) is 17.5 Å². The third-order valence-corrected chi connectivity index (χ3v) is 3.98. The molecule has 1 fully saturated rings. The Hall–Kier alpha value is -2.15. The van der Waals surface area contributed by atoms with Crippen molar-refractivity contribution in [2.24, 2.45) is 5.73 Å². The summed E-state index contributed by atoms with van der Waals surface area (Å²) in [6.45, 7) is 5.69. The van der Waals surface area contributed by atoms with Crippen LogP contribution in [0.1, 0.15) is 26.7 Å². The van der Waals surface area contributed by atoms with Gasteiger partial charge in [-0.2, -0.15) is 0 Å². The minimum atomic E-state index is 0.174. The van der Waals surface area contributed by atoms with E-state index in [1.54, 1.807) is 0 Å². The highest BCUT2D eigenvalue weighted by molar-refractivity contribution is 5.97. The van der Waals surface area contributed by atoms with E-state index in [2.05, 4.69) is 14.9 Å². The molecule has 0 saturated carbocycles. The molecule has 0 spiro atoms. The number of hydrogen-bond acceptors (Lipinski definition) is 6. The van der Waals surface area contributed by atoms with Gasteiger partial charge in [0, 0.05) is 24.8 Å². The fourth-order valence-corrected chi connectivity index (χ4v) is 2.75. The molecule has 1 saturated heterocycles. The molecule has 0 aliphatic carbocycles. The molecule has 0 amide bonds. The first-order valence-corrected chi connectivity index (χ1v) is 7.25. The Bertz CT molecular complexity index is 688. The van der Waals surface area contributed by atoms with Crippen molar-refractivity contribution in [1.29, 1.82) is 0 Å². The zero-order valence-corrected chi connectivity index (χ0v) is 12.5. The summed E-state index contributed by atoms with van der Waals surface area (Å²) in [5.74, 6) is 1.30. The number of fused-ring (bicyclic) bond motifs is 1. The second-order valence-electron chi connectivity index (χ2n) is 5.47. The number of piperidine rings is 1. The van der Waals surface area contributed by atoms with Crippen LogP contribution in [0.15, 0.2) is 12.4 Å². The molecule has 3 rings (SSSR count). The van der Waals surface area contributed by atoms with E-state index in [9.17, 15) is 0 Å². The molecule has 0 bridgehead atoms. The van der Waals surface area contributed by atoms with Gasteiger partial charge in [-0.25, -0.2) is 14.6 Å². The highest BCUT2D eigenvalue weighted by Gasteiger charge is 2.24. The fraction of sp³-hybridized carbons (Fsp3) is 0.500. The van der Waals surface area contributed by atoms with Gasteiger partial charge in [-0.15, -0.1) is 5.10 Å². The van der Waals surface area contributed by atoms with Crippen molar-refractivity contribution in [3.63, 3.8) is 0 Å². The van der Waals surface area contributed by atoms with Crippen molar-refractivity contribution in [1.82, 2.24) is 19.7 Å². The summed E-state index contributed by atoms with van der Waals surface area (Å²) in [4.78, 5) is 10.7. The molecule has 0 radical (unpaired) electrons. The number of allylic oxidation sites excluding steroid dienone is 2. The molecular weight excluding hydrogens is 266 g/mol. The zero-order valence-electron chi connectivity index (χ0n) is 12.5. The van der Waals surface area contributed by atoms with Gasteiger partial charge in [0.25, 0.3) is 0 Å². The van der Waals surface area contributed by atoms with E-state index in [4.69, 9.17) is 16.6 Å². The Balaban J connectivity index is 2.18. The Labute approximate surface area is 123 Å². The molecule has 0 aromatic carbocycles. The van der Waals surface area contributed by atoms with Crippen LogP contribution in [0.25, 0.3) is 16.7 Å². The number of nitrogens with two attached hydrogens (primary N) is 2. The average molecular weight is 287 g/mol. The van der Waals surface area contributed by atoms with Gasteiger partial charge in [-0.1, -0.05) is 6.08 Å². The van der Waals surface area contributed by atoms with Crippen LogP contribution in [-0.2, 0) is 0 Å². The molecule has 3 heterocycles. The topological polar surface area (TPSA) is 98.9 Å². The molecule has 7 heteroatoms. The van der Waals surface area contributed by atoms with Crippen molar-refractivity contribution in [2.75, 3.05) is 23.7 Å². The predicted molar refractivity (Wildman–Crippen MR) is 84.8 cm³/mol. The Kier molecular flexibility index (Phi) is 3.50. The molecule has 4 N–H and O–H groups in total. The van der Waals surface area contributed by atoms with Crippen LogP contribution in [0.4, 0.5) is 11.6 Å². The normalized spacial score (nSPS) is 20.2. The van der Waals surface area contributed by atoms with Gasteiger partial charge >= 0.3 is 0 Å². The molecule has 112 valence electrons. The molecular formula is C14H21N7. The van der Waals surface area contributed by atoms with Gasteiger partial charge in [0.2, 0.25) is 0 Å². The maximum absolute atomic E-state index is 6.09. The number of anilines is 2. The minimum absolute atomic E-state index is 0.174. The Morgan fingerprint density at radius 1 is 1.43 bits per heavy atom. The maximum Gasteiger partial charge on any atom is 0.170 e. The first-order chi connectivity index (χ1) is 10.1. The molecule has 1 aliphatic rings. The third kappa shape index (κ3) is 2.33. The van der Waals surface area contributed by atoms with Crippen LogP contribution < -0.4 is 16.4 Å². The molecule has 1 aliphatic heterocycles. The second-order valence-corrected chi connectivity index (χ2v) is 5.47. The van der Waals surface area contributed by atoms with Crippen molar-refractivity contribution in [3.8, 4) is 0 Å². The van der Waals surface area contributed by atoms with Crippen LogP contribution in [0.3, 0.4) is 0 Å². The van der Waals surface area contributed by atoms with E-state index in [0.29, 0.717) is 5.82 Å². The zero-order chi connectivity index (χ0) is 15.0. The van der Waals surface area contributed by atoms with E-state index in [-0.39, 0.29) is 6.04 Å². The summed E-state index contributed by atoms with van der Waals surface area (Å²) in [7, 11) is 0. The van der Waals surface area contributed by atoms with E-state index >= 15 is 0 Å². The quantitative estimate of drug-likeness (QED) is 0.861. The van der Waals surface area contributed by atoms with Gasteiger partial charge in [-0.3, -0.25) is 0 Å². The van der Waals surface area contributed by atoms with Crippen molar-refractivity contribution in [3.05, 3.63) is 12.4 Å². The van der Waals surface area contributed by atoms with Crippen LogP contribution in [0.2, 0.25) is 0 Å². The summed E-state index contributed by atoms with van der Waals surface area (Å²) < 4.78 is 1.82. The first-order valence-electron chi connectivity index (χ1n) is 7.25. The van der Waals surface area contributed by atoms with Crippen LogP contribution >= 0.6 is 0 Å².